The summed E-state index contributed by atoms with van der Waals surface area (Å²) in [7, 11) is 5.88. The van der Waals surface area contributed by atoms with Gasteiger partial charge in [0.15, 0.2) is 0 Å². The van der Waals surface area contributed by atoms with Crippen LogP contribution in [0.15, 0.2) is 60.7 Å². The van der Waals surface area contributed by atoms with Gasteiger partial charge in [-0.2, -0.15) is 0 Å². The third-order valence-electron chi connectivity index (χ3n) is 12.2. The summed E-state index contributed by atoms with van der Waals surface area (Å²) in [5.41, 5.74) is 1.51. The van der Waals surface area contributed by atoms with E-state index in [4.69, 9.17) is 14.2 Å². The number of carboxylic acids is 1. The van der Waals surface area contributed by atoms with E-state index in [2.05, 4.69) is 10.6 Å². The fraction of sp³-hybridized carbons (Fsp3) is 0.617. The first-order valence-corrected chi connectivity index (χ1v) is 21.8. The molecule has 0 spiro atoms. The minimum Gasteiger partial charge on any atom is -0.480 e. The molecule has 0 radical (unpaired) electrons. The Morgan fingerprint density at radius 2 is 1.41 bits per heavy atom. The van der Waals surface area contributed by atoms with Crippen LogP contribution in [0.1, 0.15) is 78.9 Å². The number of benzene rings is 2. The molecule has 0 bridgehead atoms. The molecule has 1 heterocycles. The van der Waals surface area contributed by atoms with E-state index >= 15 is 4.39 Å². The van der Waals surface area contributed by atoms with Crippen molar-refractivity contribution in [1.29, 1.82) is 0 Å². The predicted molar refractivity (Wildman–Crippen MR) is 236 cm³/mol. The van der Waals surface area contributed by atoms with Crippen molar-refractivity contribution < 1.29 is 52.5 Å². The van der Waals surface area contributed by atoms with Crippen molar-refractivity contribution in [1.82, 2.24) is 25.3 Å². The number of amides is 5. The summed E-state index contributed by atoms with van der Waals surface area (Å²) < 4.78 is 32.5. The van der Waals surface area contributed by atoms with E-state index in [1.54, 1.807) is 72.0 Å². The maximum atomic E-state index is 15.3. The fourth-order valence-corrected chi connectivity index (χ4v) is 8.46. The average Bonchev–Trinajstić information content (AvgIpc) is 3.64. The zero-order valence-electron chi connectivity index (χ0n) is 38.8. The SMILES string of the molecule is CCC(C)C(C(CC(=O)N1C[C@@H](F)C[C@H]1C(OC)[C@@H](C)C(=O)NC(Cc1ccccc1)C(=O)O)OC)N(C)C(=O)[C@@H](NC(=O)C(C(C)C)N(C)C(=O)OCc1ccccc1)C(C)C. The molecule has 63 heavy (non-hydrogen) atoms. The Morgan fingerprint density at radius 1 is 0.825 bits per heavy atom. The van der Waals surface area contributed by atoms with Crippen LogP contribution in [0.5, 0.6) is 0 Å². The molecule has 1 fully saturated rings. The summed E-state index contributed by atoms with van der Waals surface area (Å²) in [6.07, 6.45) is -3.66. The van der Waals surface area contributed by atoms with Crippen LogP contribution in [-0.4, -0.2) is 139 Å². The average molecular weight is 884 g/mol. The van der Waals surface area contributed by atoms with E-state index < -0.39 is 90.2 Å². The van der Waals surface area contributed by atoms with Gasteiger partial charge in [-0.15, -0.1) is 0 Å². The minimum absolute atomic E-state index is 0.0229. The second-order valence-corrected chi connectivity index (χ2v) is 17.4. The molecule has 15 nitrogen and oxygen atoms in total. The van der Waals surface area contributed by atoms with Crippen molar-refractivity contribution in [2.45, 2.75) is 129 Å². The summed E-state index contributed by atoms with van der Waals surface area (Å²) in [6, 6.07) is 13.3. The van der Waals surface area contributed by atoms with Crippen LogP contribution in [0.2, 0.25) is 0 Å². The lowest BCUT2D eigenvalue weighted by Crippen LogP contribution is -2.60. The topological polar surface area (TPSA) is 184 Å². The number of alkyl halides is 1. The van der Waals surface area contributed by atoms with Crippen LogP contribution in [0.25, 0.3) is 0 Å². The van der Waals surface area contributed by atoms with E-state index in [0.29, 0.717) is 6.42 Å². The van der Waals surface area contributed by atoms with Crippen molar-refractivity contribution >= 4 is 35.7 Å². The molecule has 0 aromatic heterocycles. The number of hydrogen-bond acceptors (Lipinski definition) is 9. The van der Waals surface area contributed by atoms with Gasteiger partial charge in [0.2, 0.25) is 23.6 Å². The molecule has 350 valence electrons. The van der Waals surface area contributed by atoms with E-state index in [9.17, 15) is 33.9 Å². The Hall–Kier alpha value is -5.09. The van der Waals surface area contributed by atoms with E-state index in [0.717, 1.165) is 11.1 Å². The lowest BCUT2D eigenvalue weighted by Gasteiger charge is -2.41. The zero-order chi connectivity index (χ0) is 47.1. The number of carbonyl (C=O) groups is 6. The van der Waals surface area contributed by atoms with Gasteiger partial charge in [0.05, 0.1) is 43.2 Å². The van der Waals surface area contributed by atoms with E-state index in [1.165, 1.54) is 36.0 Å². The molecule has 0 aliphatic carbocycles. The van der Waals surface area contributed by atoms with E-state index in [-0.39, 0.29) is 50.2 Å². The Labute approximate surface area is 372 Å². The Morgan fingerprint density at radius 3 is 1.92 bits per heavy atom. The van der Waals surface area contributed by atoms with E-state index in [1.807, 2.05) is 44.2 Å². The second kappa shape index (κ2) is 24.7. The van der Waals surface area contributed by atoms with Gasteiger partial charge in [-0.3, -0.25) is 24.1 Å². The van der Waals surface area contributed by atoms with Crippen LogP contribution in [-0.2, 0) is 51.2 Å². The van der Waals surface area contributed by atoms with Gasteiger partial charge in [-0.25, -0.2) is 14.0 Å². The number of likely N-dealkylation sites (tertiary alicyclic amines) is 1. The molecular weight excluding hydrogens is 814 g/mol. The molecule has 0 saturated carbocycles. The van der Waals surface area contributed by atoms with Crippen LogP contribution in [0.4, 0.5) is 9.18 Å². The predicted octanol–water partition coefficient (Wildman–Crippen LogP) is 5.10. The second-order valence-electron chi connectivity index (χ2n) is 17.4. The third-order valence-corrected chi connectivity index (χ3v) is 12.2. The van der Waals surface area contributed by atoms with Gasteiger partial charge in [-0.05, 0) is 28.9 Å². The van der Waals surface area contributed by atoms with Gasteiger partial charge in [-0.1, -0.05) is 116 Å². The lowest BCUT2D eigenvalue weighted by atomic mass is 9.89. The molecule has 6 unspecified atom stereocenters. The molecule has 10 atom stereocenters. The van der Waals surface area contributed by atoms with Crippen LogP contribution in [0.3, 0.4) is 0 Å². The lowest BCUT2D eigenvalue weighted by molar-refractivity contribution is -0.148. The number of methoxy groups -OCH3 is 2. The number of likely N-dealkylation sites (N-methyl/N-ethyl adjacent to an activating group) is 2. The molecule has 1 aliphatic rings. The Kier molecular flexibility index (Phi) is 20.5. The summed E-state index contributed by atoms with van der Waals surface area (Å²) in [5.74, 6) is -5.16. The zero-order valence-corrected chi connectivity index (χ0v) is 38.8. The van der Waals surface area contributed by atoms with Crippen molar-refractivity contribution in [2.24, 2.45) is 23.7 Å². The minimum atomic E-state index is -1.41. The molecule has 1 aliphatic heterocycles. The number of carbonyl (C=O) groups excluding carboxylic acids is 5. The van der Waals surface area contributed by atoms with Crippen LogP contribution in [0, 0.1) is 23.7 Å². The maximum Gasteiger partial charge on any atom is 0.410 e. The summed E-state index contributed by atoms with van der Waals surface area (Å²) in [6.45, 7) is 12.4. The van der Waals surface area contributed by atoms with Gasteiger partial charge in [0.25, 0.3) is 0 Å². The monoisotopic (exact) mass is 884 g/mol. The smallest absolute Gasteiger partial charge is 0.410 e. The first-order valence-electron chi connectivity index (χ1n) is 21.8. The molecular formula is C47H70FN5O10. The standard InChI is InChI=1S/C47H70FN5O10/c1-12-30(6)41(51(8)45(57)39(28(2)3)50-44(56)40(29(4)5)52(9)47(60)63-27-33-21-17-14-18-22-33)37(61-10)25-38(54)53-26-34(48)24-36(53)42(62-11)31(7)43(55)49-35(46(58)59)23-32-19-15-13-16-20-32/h13-22,28-31,34-37,39-42H,12,23-27H2,1-11H3,(H,49,55)(H,50,56)(H,58,59)/t30?,31-,34+,35?,36+,37?,39+,40?,41?,42?/m1/s1. The highest BCUT2D eigenvalue weighted by molar-refractivity contribution is 5.92. The quantitative estimate of drug-likeness (QED) is 0.136. The highest BCUT2D eigenvalue weighted by atomic mass is 19.1. The highest BCUT2D eigenvalue weighted by Crippen LogP contribution is 2.31. The van der Waals surface area contributed by atoms with Gasteiger partial charge in [0.1, 0.15) is 30.9 Å². The third kappa shape index (κ3) is 14.2. The number of hydrogen-bond donors (Lipinski definition) is 3. The van der Waals surface area contributed by atoms with Gasteiger partial charge in [0, 0.05) is 41.2 Å². The molecule has 16 heteroatoms. The molecule has 3 N–H and O–H groups in total. The number of carboxylic acid groups (broad SMARTS) is 1. The number of nitrogens with zero attached hydrogens (tertiary/aromatic N) is 3. The van der Waals surface area contributed by atoms with Crippen molar-refractivity contribution in [3.8, 4) is 0 Å². The highest BCUT2D eigenvalue weighted by Gasteiger charge is 2.46. The van der Waals surface area contributed by atoms with Crippen LogP contribution < -0.4 is 10.6 Å². The first kappa shape index (κ1) is 52.3. The first-order chi connectivity index (χ1) is 29.8. The summed E-state index contributed by atoms with van der Waals surface area (Å²) in [4.78, 5) is 85.6. The molecule has 2 aromatic rings. The Balaban J connectivity index is 1.79. The molecule has 2 aromatic carbocycles. The summed E-state index contributed by atoms with van der Waals surface area (Å²) in [5, 5.41) is 15.4. The van der Waals surface area contributed by atoms with Crippen molar-refractivity contribution in [3.05, 3.63) is 71.8 Å². The molecule has 1 saturated heterocycles. The largest absolute Gasteiger partial charge is 0.480 e. The van der Waals surface area contributed by atoms with Crippen LogP contribution >= 0.6 is 0 Å². The number of rotatable bonds is 23. The van der Waals surface area contributed by atoms with Crippen molar-refractivity contribution in [2.75, 3.05) is 34.9 Å². The molecule has 3 rings (SSSR count). The summed E-state index contributed by atoms with van der Waals surface area (Å²) >= 11 is 0. The van der Waals surface area contributed by atoms with Gasteiger partial charge < -0.3 is 39.8 Å². The number of halogens is 1. The fourth-order valence-electron chi connectivity index (χ4n) is 8.46. The molecule has 5 amide bonds. The van der Waals surface area contributed by atoms with Crippen molar-refractivity contribution in [3.63, 3.8) is 0 Å². The maximum absolute atomic E-state index is 15.3. The van der Waals surface area contributed by atoms with Gasteiger partial charge >= 0.3 is 12.1 Å². The Bertz CT molecular complexity index is 1800. The number of nitrogens with one attached hydrogen (secondary N) is 2. The number of aliphatic carboxylic acids is 1. The normalized spacial score (nSPS) is 18.9. The number of ether oxygens (including phenoxy) is 3.